The molecule has 18 heavy (non-hydrogen) atoms. The number of thiocarbonyl (C=S) groups is 1. The van der Waals surface area contributed by atoms with Gasteiger partial charge in [-0.05, 0) is 28.8 Å². The fraction of sp³-hybridized carbons (Fsp3) is 0.133. The van der Waals surface area contributed by atoms with Crippen molar-refractivity contribution >= 4 is 28.8 Å². The lowest BCUT2D eigenvalue weighted by Gasteiger charge is -2.28. The van der Waals surface area contributed by atoms with Crippen LogP contribution in [0.4, 0.5) is 0 Å². The highest BCUT2D eigenvalue weighted by molar-refractivity contribution is 7.80. The molecular weight excluding hydrogens is 262 g/mol. The van der Waals surface area contributed by atoms with Gasteiger partial charge in [0.1, 0.15) is 0 Å². The van der Waals surface area contributed by atoms with Crippen LogP contribution in [-0.4, -0.2) is 4.99 Å². The number of rotatable bonds is 1. The van der Waals surface area contributed by atoms with Crippen LogP contribution in [0.3, 0.4) is 0 Å². The topological polar surface area (TPSA) is 12.0 Å². The van der Waals surface area contributed by atoms with Gasteiger partial charge in [-0.25, -0.2) is 0 Å². The molecule has 0 bridgehead atoms. The van der Waals surface area contributed by atoms with Gasteiger partial charge in [0.25, 0.3) is 0 Å². The second kappa shape index (κ2) is 4.71. The fourth-order valence-corrected chi connectivity index (χ4v) is 2.76. The average molecular weight is 274 g/mol. The van der Waals surface area contributed by atoms with Gasteiger partial charge in [-0.15, -0.1) is 0 Å². The van der Waals surface area contributed by atoms with Gasteiger partial charge in [-0.1, -0.05) is 60.2 Å². The molecule has 1 aliphatic heterocycles. The summed E-state index contributed by atoms with van der Waals surface area (Å²) in [5.41, 5.74) is 3.79. The van der Waals surface area contributed by atoms with E-state index in [1.807, 2.05) is 24.3 Å². The first kappa shape index (κ1) is 11.7. The number of hydrogen-bond acceptors (Lipinski definition) is 1. The van der Waals surface area contributed by atoms with Gasteiger partial charge in [0.2, 0.25) is 0 Å². The minimum Gasteiger partial charge on any atom is -0.368 e. The summed E-state index contributed by atoms with van der Waals surface area (Å²) in [6, 6.07) is 16.5. The van der Waals surface area contributed by atoms with Crippen LogP contribution in [-0.2, 0) is 6.42 Å². The Morgan fingerprint density at radius 1 is 1.06 bits per heavy atom. The monoisotopic (exact) mass is 273 g/mol. The quantitative estimate of drug-likeness (QED) is 0.791. The molecule has 2 aromatic carbocycles. The number of benzene rings is 2. The van der Waals surface area contributed by atoms with E-state index in [9.17, 15) is 0 Å². The molecule has 1 aliphatic rings. The zero-order valence-corrected chi connectivity index (χ0v) is 11.3. The Balaban J connectivity index is 2.07. The summed E-state index contributed by atoms with van der Waals surface area (Å²) in [6.45, 7) is 0. The van der Waals surface area contributed by atoms with E-state index in [0.29, 0.717) is 0 Å². The Morgan fingerprint density at radius 3 is 2.56 bits per heavy atom. The Hall–Kier alpha value is -1.38. The highest BCUT2D eigenvalue weighted by Gasteiger charge is 2.23. The SMILES string of the molecule is S=C1Cc2ccccc2[C@@H](c2ccc(Cl)cc2)N1. The molecule has 2 aromatic rings. The summed E-state index contributed by atoms with van der Waals surface area (Å²) in [5, 5.41) is 4.15. The highest BCUT2D eigenvalue weighted by atomic mass is 35.5. The Kier molecular flexibility index (Phi) is 3.06. The van der Waals surface area contributed by atoms with Crippen LogP contribution >= 0.6 is 23.8 Å². The standard InChI is InChI=1S/C15H12ClNS/c16-12-7-5-10(6-8-12)15-13-4-2-1-3-11(13)9-14(18)17-15/h1-8,15H,9H2,(H,17,18)/t15-/m1/s1. The van der Waals surface area contributed by atoms with Crippen LogP contribution in [0.2, 0.25) is 5.02 Å². The van der Waals surface area contributed by atoms with Crippen LogP contribution in [0, 0.1) is 0 Å². The highest BCUT2D eigenvalue weighted by Crippen LogP contribution is 2.29. The molecule has 1 atom stereocenters. The molecule has 0 unspecified atom stereocenters. The van der Waals surface area contributed by atoms with Crippen LogP contribution < -0.4 is 5.32 Å². The van der Waals surface area contributed by atoms with Crippen molar-refractivity contribution in [3.05, 3.63) is 70.2 Å². The third-order valence-corrected chi connectivity index (χ3v) is 3.74. The van der Waals surface area contributed by atoms with Crippen LogP contribution in [0.1, 0.15) is 22.7 Å². The van der Waals surface area contributed by atoms with E-state index in [1.54, 1.807) is 0 Å². The molecule has 1 nitrogen and oxygen atoms in total. The second-order valence-electron chi connectivity index (χ2n) is 4.43. The summed E-state index contributed by atoms with van der Waals surface area (Å²) in [4.78, 5) is 0.897. The lowest BCUT2D eigenvalue weighted by molar-refractivity contribution is 0.731. The Morgan fingerprint density at radius 2 is 1.78 bits per heavy atom. The van der Waals surface area contributed by atoms with Gasteiger partial charge in [0.05, 0.1) is 11.0 Å². The summed E-state index contributed by atoms with van der Waals surface area (Å²) >= 11 is 11.3. The minimum absolute atomic E-state index is 0.139. The third kappa shape index (κ3) is 2.14. The van der Waals surface area contributed by atoms with E-state index in [4.69, 9.17) is 23.8 Å². The van der Waals surface area contributed by atoms with Gasteiger partial charge in [-0.3, -0.25) is 0 Å². The van der Waals surface area contributed by atoms with Crippen LogP contribution in [0.15, 0.2) is 48.5 Å². The second-order valence-corrected chi connectivity index (χ2v) is 5.36. The molecule has 3 rings (SSSR count). The number of fused-ring (bicyclic) bond motifs is 1. The first-order valence-electron chi connectivity index (χ1n) is 5.86. The van der Waals surface area contributed by atoms with E-state index < -0.39 is 0 Å². The maximum atomic E-state index is 5.93. The fourth-order valence-electron chi connectivity index (χ4n) is 2.36. The lowest BCUT2D eigenvalue weighted by Crippen LogP contribution is -2.34. The molecule has 0 saturated carbocycles. The molecule has 0 amide bonds. The molecule has 0 fully saturated rings. The van der Waals surface area contributed by atoms with E-state index in [2.05, 4.69) is 29.6 Å². The van der Waals surface area contributed by atoms with E-state index in [1.165, 1.54) is 16.7 Å². The van der Waals surface area contributed by atoms with Gasteiger partial charge in [-0.2, -0.15) is 0 Å². The van der Waals surface area contributed by atoms with Crippen molar-refractivity contribution in [2.45, 2.75) is 12.5 Å². The van der Waals surface area contributed by atoms with Crippen molar-refractivity contribution in [2.24, 2.45) is 0 Å². The van der Waals surface area contributed by atoms with E-state index in [-0.39, 0.29) is 6.04 Å². The number of halogens is 1. The molecule has 0 radical (unpaired) electrons. The van der Waals surface area contributed by atoms with Gasteiger partial charge < -0.3 is 5.32 Å². The van der Waals surface area contributed by atoms with Crippen molar-refractivity contribution in [3.8, 4) is 0 Å². The van der Waals surface area contributed by atoms with E-state index in [0.717, 1.165) is 16.4 Å². The maximum Gasteiger partial charge on any atom is 0.0805 e. The largest absolute Gasteiger partial charge is 0.368 e. The first-order chi connectivity index (χ1) is 8.74. The molecular formula is C15H12ClNS. The predicted octanol–water partition coefficient (Wildman–Crippen LogP) is 3.90. The first-order valence-corrected chi connectivity index (χ1v) is 6.65. The summed E-state index contributed by atoms with van der Waals surface area (Å²) < 4.78 is 0. The summed E-state index contributed by atoms with van der Waals surface area (Å²) in [5.74, 6) is 0. The smallest absolute Gasteiger partial charge is 0.0805 e. The zero-order chi connectivity index (χ0) is 12.5. The molecule has 90 valence electrons. The average Bonchev–Trinajstić information content (AvgIpc) is 2.38. The van der Waals surface area contributed by atoms with Gasteiger partial charge in [0.15, 0.2) is 0 Å². The number of nitrogens with one attached hydrogen (secondary N) is 1. The van der Waals surface area contributed by atoms with Gasteiger partial charge >= 0.3 is 0 Å². The number of hydrogen-bond donors (Lipinski definition) is 1. The predicted molar refractivity (Wildman–Crippen MR) is 79.2 cm³/mol. The Labute approximate surface area is 117 Å². The third-order valence-electron chi connectivity index (χ3n) is 3.23. The summed E-state index contributed by atoms with van der Waals surface area (Å²) in [6.07, 6.45) is 0.829. The molecule has 1 N–H and O–H groups in total. The Bertz CT molecular complexity index is 592. The van der Waals surface area contributed by atoms with Crippen LogP contribution in [0.5, 0.6) is 0 Å². The van der Waals surface area contributed by atoms with Crippen molar-refractivity contribution in [2.75, 3.05) is 0 Å². The zero-order valence-electron chi connectivity index (χ0n) is 9.69. The molecule has 1 heterocycles. The minimum atomic E-state index is 0.139. The molecule has 0 saturated heterocycles. The lowest BCUT2D eigenvalue weighted by atomic mass is 9.90. The normalized spacial score (nSPS) is 18.1. The van der Waals surface area contributed by atoms with Crippen molar-refractivity contribution in [3.63, 3.8) is 0 Å². The van der Waals surface area contributed by atoms with Crippen molar-refractivity contribution in [1.82, 2.24) is 5.32 Å². The molecule has 0 aromatic heterocycles. The van der Waals surface area contributed by atoms with Gasteiger partial charge in [0, 0.05) is 11.4 Å². The molecule has 0 aliphatic carbocycles. The van der Waals surface area contributed by atoms with Crippen molar-refractivity contribution < 1.29 is 0 Å². The van der Waals surface area contributed by atoms with Crippen molar-refractivity contribution in [1.29, 1.82) is 0 Å². The maximum absolute atomic E-state index is 5.93. The summed E-state index contributed by atoms with van der Waals surface area (Å²) in [7, 11) is 0. The molecule has 0 spiro atoms. The van der Waals surface area contributed by atoms with E-state index >= 15 is 0 Å². The molecule has 3 heteroatoms. The van der Waals surface area contributed by atoms with Crippen LogP contribution in [0.25, 0.3) is 0 Å².